The van der Waals surface area contributed by atoms with Gasteiger partial charge in [-0.15, -0.1) is 0 Å². The van der Waals surface area contributed by atoms with E-state index < -0.39 is 11.0 Å². The lowest BCUT2D eigenvalue weighted by Crippen LogP contribution is -2.13. The Hall–Kier alpha value is -1.96. The summed E-state index contributed by atoms with van der Waals surface area (Å²) in [6.45, 7) is 2.05. The number of nitrogens with zero attached hydrogens (tertiary/aromatic N) is 3. The lowest BCUT2D eigenvalue weighted by Gasteiger charge is -2.08. The average Bonchev–Trinajstić information content (AvgIpc) is 2.27. The predicted molar refractivity (Wildman–Crippen MR) is 63.0 cm³/mol. The van der Waals surface area contributed by atoms with Crippen LogP contribution in [0.25, 0.3) is 0 Å². The van der Waals surface area contributed by atoms with Crippen molar-refractivity contribution in [3.8, 4) is 0 Å². The minimum Gasteiger partial charge on any atom is -0.393 e. The predicted octanol–water partition coefficient (Wildman–Crippen LogP) is 0.609. The van der Waals surface area contributed by atoms with Crippen LogP contribution in [0, 0.1) is 10.1 Å². The normalized spacial score (nSPS) is 11.9. The third-order valence-corrected chi connectivity index (χ3v) is 2.10. The summed E-state index contributed by atoms with van der Waals surface area (Å²) in [5.74, 6) is 0.305. The molecule has 94 valence electrons. The third kappa shape index (κ3) is 3.52. The van der Waals surface area contributed by atoms with Crippen LogP contribution in [0.5, 0.6) is 0 Å². The smallest absolute Gasteiger partial charge is 0.353 e. The van der Waals surface area contributed by atoms with E-state index in [2.05, 4.69) is 20.6 Å². The molecule has 0 fully saturated rings. The maximum atomic E-state index is 10.9. The highest BCUT2D eigenvalue weighted by atomic mass is 16.6. The summed E-state index contributed by atoms with van der Waals surface area (Å²) >= 11 is 0. The maximum absolute atomic E-state index is 10.9. The Balaban J connectivity index is 2.87. The van der Waals surface area contributed by atoms with Crippen LogP contribution in [-0.2, 0) is 0 Å². The molecule has 1 aromatic rings. The quantitative estimate of drug-likeness (QED) is 0.494. The number of rotatable bonds is 6. The lowest BCUT2D eigenvalue weighted by atomic mass is 10.3. The van der Waals surface area contributed by atoms with Gasteiger partial charge in [-0.1, -0.05) is 0 Å². The fourth-order valence-electron chi connectivity index (χ4n) is 1.26. The molecule has 3 N–H and O–H groups in total. The summed E-state index contributed by atoms with van der Waals surface area (Å²) in [6, 6.07) is 0. The largest absolute Gasteiger partial charge is 0.393 e. The van der Waals surface area contributed by atoms with Crippen LogP contribution in [0.15, 0.2) is 6.33 Å². The van der Waals surface area contributed by atoms with Crippen molar-refractivity contribution in [3.05, 3.63) is 16.4 Å². The molecule has 0 spiro atoms. The molecule has 0 saturated carbocycles. The number of nitro groups is 1. The van der Waals surface area contributed by atoms with Crippen molar-refractivity contribution in [2.75, 3.05) is 24.2 Å². The molecule has 17 heavy (non-hydrogen) atoms. The van der Waals surface area contributed by atoms with Crippen LogP contribution in [-0.4, -0.2) is 39.7 Å². The molecule has 0 aliphatic rings. The minimum atomic E-state index is -0.545. The molecule has 1 rings (SSSR count). The van der Waals surface area contributed by atoms with Crippen LogP contribution in [0.1, 0.15) is 13.3 Å². The zero-order valence-electron chi connectivity index (χ0n) is 9.67. The molecule has 0 aliphatic heterocycles. The van der Waals surface area contributed by atoms with E-state index in [1.807, 2.05) is 0 Å². The highest BCUT2D eigenvalue weighted by Gasteiger charge is 2.21. The van der Waals surface area contributed by atoms with Crippen LogP contribution in [0.4, 0.5) is 17.3 Å². The number of anilines is 2. The summed E-state index contributed by atoms with van der Waals surface area (Å²) in [4.78, 5) is 17.9. The van der Waals surface area contributed by atoms with Gasteiger partial charge in [0.25, 0.3) is 0 Å². The van der Waals surface area contributed by atoms with E-state index in [9.17, 15) is 10.1 Å². The van der Waals surface area contributed by atoms with Crippen molar-refractivity contribution >= 4 is 17.3 Å². The summed E-state index contributed by atoms with van der Waals surface area (Å²) < 4.78 is 0. The molecule has 0 amide bonds. The molecular weight excluding hydrogens is 226 g/mol. The second-order valence-electron chi connectivity index (χ2n) is 3.49. The Kier molecular flexibility index (Phi) is 4.58. The van der Waals surface area contributed by atoms with Crippen LogP contribution >= 0.6 is 0 Å². The van der Waals surface area contributed by atoms with Gasteiger partial charge >= 0.3 is 5.69 Å². The van der Waals surface area contributed by atoms with Gasteiger partial charge in [-0.25, -0.2) is 9.97 Å². The first kappa shape index (κ1) is 13.1. The van der Waals surface area contributed by atoms with E-state index in [-0.39, 0.29) is 17.3 Å². The number of aliphatic hydroxyl groups is 1. The molecule has 0 saturated heterocycles. The number of aromatic nitrogens is 2. The Morgan fingerprint density at radius 3 is 2.71 bits per heavy atom. The van der Waals surface area contributed by atoms with E-state index in [0.717, 1.165) is 0 Å². The maximum Gasteiger partial charge on any atom is 0.353 e. The fourth-order valence-corrected chi connectivity index (χ4v) is 1.26. The van der Waals surface area contributed by atoms with E-state index in [0.29, 0.717) is 13.0 Å². The molecule has 0 radical (unpaired) electrons. The summed E-state index contributed by atoms with van der Waals surface area (Å²) in [7, 11) is 1.55. The van der Waals surface area contributed by atoms with E-state index in [4.69, 9.17) is 5.11 Å². The highest BCUT2D eigenvalue weighted by Crippen LogP contribution is 2.28. The second kappa shape index (κ2) is 5.94. The van der Waals surface area contributed by atoms with Crippen molar-refractivity contribution in [2.24, 2.45) is 0 Å². The molecule has 1 heterocycles. The topological polar surface area (TPSA) is 113 Å². The summed E-state index contributed by atoms with van der Waals surface area (Å²) in [5.41, 5.74) is -0.194. The van der Waals surface area contributed by atoms with E-state index >= 15 is 0 Å². The zero-order valence-corrected chi connectivity index (χ0v) is 9.67. The van der Waals surface area contributed by atoms with Crippen LogP contribution < -0.4 is 10.6 Å². The third-order valence-electron chi connectivity index (χ3n) is 2.10. The Morgan fingerprint density at radius 1 is 1.53 bits per heavy atom. The SMILES string of the molecule is CNc1ncnc(NCCC(C)O)c1[N+](=O)[O-]. The molecule has 1 aromatic heterocycles. The lowest BCUT2D eigenvalue weighted by molar-refractivity contribution is -0.383. The summed E-state index contributed by atoms with van der Waals surface area (Å²) in [6.07, 6.45) is 1.26. The van der Waals surface area contributed by atoms with E-state index in [1.54, 1.807) is 14.0 Å². The zero-order chi connectivity index (χ0) is 12.8. The first-order chi connectivity index (χ1) is 8.06. The Morgan fingerprint density at radius 2 is 2.18 bits per heavy atom. The van der Waals surface area contributed by atoms with Gasteiger partial charge in [0.2, 0.25) is 11.6 Å². The number of hydrogen-bond acceptors (Lipinski definition) is 7. The van der Waals surface area contributed by atoms with Gasteiger partial charge in [-0.2, -0.15) is 0 Å². The van der Waals surface area contributed by atoms with Crippen molar-refractivity contribution in [1.82, 2.24) is 9.97 Å². The molecule has 1 unspecified atom stereocenters. The van der Waals surface area contributed by atoms with E-state index in [1.165, 1.54) is 6.33 Å². The second-order valence-corrected chi connectivity index (χ2v) is 3.49. The van der Waals surface area contributed by atoms with Crippen molar-refractivity contribution in [1.29, 1.82) is 0 Å². The molecule has 0 aromatic carbocycles. The molecule has 8 heteroatoms. The average molecular weight is 241 g/mol. The minimum absolute atomic E-state index is 0.148. The monoisotopic (exact) mass is 241 g/mol. The van der Waals surface area contributed by atoms with Crippen LogP contribution in [0.3, 0.4) is 0 Å². The van der Waals surface area contributed by atoms with Gasteiger partial charge in [-0.05, 0) is 13.3 Å². The van der Waals surface area contributed by atoms with Gasteiger partial charge in [0, 0.05) is 13.6 Å². The van der Waals surface area contributed by atoms with Gasteiger partial charge in [0.15, 0.2) is 0 Å². The van der Waals surface area contributed by atoms with Gasteiger partial charge in [0.05, 0.1) is 11.0 Å². The number of nitrogens with one attached hydrogen (secondary N) is 2. The van der Waals surface area contributed by atoms with Gasteiger partial charge in [-0.3, -0.25) is 10.1 Å². The fraction of sp³-hybridized carbons (Fsp3) is 0.556. The van der Waals surface area contributed by atoms with Crippen LogP contribution in [0.2, 0.25) is 0 Å². The van der Waals surface area contributed by atoms with Gasteiger partial charge in [0.1, 0.15) is 6.33 Å². The number of hydrogen-bond donors (Lipinski definition) is 3. The first-order valence-corrected chi connectivity index (χ1v) is 5.15. The molecule has 0 bridgehead atoms. The standard InChI is InChI=1S/C9H15N5O3/c1-6(15)3-4-11-9-7(14(16)17)8(10-2)12-5-13-9/h5-6,15H,3-4H2,1-2H3,(H2,10,11,12,13). The first-order valence-electron chi connectivity index (χ1n) is 5.15. The number of aliphatic hydroxyl groups excluding tert-OH is 1. The van der Waals surface area contributed by atoms with Crippen molar-refractivity contribution in [2.45, 2.75) is 19.4 Å². The van der Waals surface area contributed by atoms with Crippen molar-refractivity contribution in [3.63, 3.8) is 0 Å². The van der Waals surface area contributed by atoms with Crippen molar-refractivity contribution < 1.29 is 10.0 Å². The molecular formula is C9H15N5O3. The highest BCUT2D eigenvalue weighted by molar-refractivity contribution is 5.68. The Labute approximate surface area is 98.2 Å². The molecule has 8 nitrogen and oxygen atoms in total. The molecule has 0 aliphatic carbocycles. The Bertz CT molecular complexity index is 396. The summed E-state index contributed by atoms with van der Waals surface area (Å²) in [5, 5.41) is 25.4. The molecule has 1 atom stereocenters. The van der Waals surface area contributed by atoms with Gasteiger partial charge < -0.3 is 15.7 Å².